The summed E-state index contributed by atoms with van der Waals surface area (Å²) in [6.45, 7) is 3.67. The molecule has 2 atom stereocenters. The van der Waals surface area contributed by atoms with Crippen molar-refractivity contribution < 1.29 is 4.79 Å². The van der Waals surface area contributed by atoms with Gasteiger partial charge in [0.05, 0.1) is 10.6 Å². The Kier molecular flexibility index (Phi) is 6.03. The van der Waals surface area contributed by atoms with E-state index < -0.39 is 0 Å². The Morgan fingerprint density at radius 2 is 1.86 bits per heavy atom. The summed E-state index contributed by atoms with van der Waals surface area (Å²) in [4.78, 5) is 15.2. The van der Waals surface area contributed by atoms with Crippen molar-refractivity contribution in [1.82, 2.24) is 10.2 Å². The Morgan fingerprint density at radius 3 is 2.68 bits per heavy atom. The van der Waals surface area contributed by atoms with Gasteiger partial charge in [-0.1, -0.05) is 54.4 Å². The molecule has 1 amide bonds. The first-order valence-electron chi connectivity index (χ1n) is 10.5. The normalized spacial score (nSPS) is 22.5. The molecule has 2 aliphatic heterocycles. The molecule has 4 rings (SSSR count). The topological polar surface area (TPSA) is 32.3 Å². The molecule has 28 heavy (non-hydrogen) atoms. The molecule has 2 aromatic rings. The van der Waals surface area contributed by atoms with Crippen molar-refractivity contribution in [2.24, 2.45) is 0 Å². The fourth-order valence-corrected chi connectivity index (χ4v) is 4.98. The number of fused-ring (bicyclic) bond motifs is 1. The quantitative estimate of drug-likeness (QED) is 0.723. The highest BCUT2D eigenvalue weighted by Gasteiger charge is 2.32. The lowest BCUT2D eigenvalue weighted by Gasteiger charge is -2.45. The minimum Gasteiger partial charge on any atom is -0.348 e. The van der Waals surface area contributed by atoms with Crippen LogP contribution in [0.15, 0.2) is 42.5 Å². The highest BCUT2D eigenvalue weighted by molar-refractivity contribution is 6.34. The average Bonchev–Trinajstić information content (AvgIpc) is 2.74. The molecule has 0 saturated carbocycles. The van der Waals surface area contributed by atoms with E-state index in [1.54, 1.807) is 6.07 Å². The van der Waals surface area contributed by atoms with Crippen molar-refractivity contribution >= 4 is 17.5 Å². The summed E-state index contributed by atoms with van der Waals surface area (Å²) in [6.07, 6.45) is 8.04. The average molecular weight is 397 g/mol. The summed E-state index contributed by atoms with van der Waals surface area (Å²) in [5.41, 5.74) is 3.99. The Bertz CT molecular complexity index is 831. The number of carbonyl (C=O) groups is 1. The zero-order valence-electron chi connectivity index (χ0n) is 16.6. The summed E-state index contributed by atoms with van der Waals surface area (Å²) in [6, 6.07) is 15.7. The van der Waals surface area contributed by atoms with Gasteiger partial charge in [-0.25, -0.2) is 0 Å². The highest BCUT2D eigenvalue weighted by atomic mass is 35.5. The molecule has 2 aliphatic rings. The van der Waals surface area contributed by atoms with Crippen molar-refractivity contribution in [2.75, 3.05) is 6.54 Å². The lowest BCUT2D eigenvalue weighted by molar-refractivity contribution is 0.0518. The van der Waals surface area contributed by atoms with E-state index in [2.05, 4.69) is 34.5 Å². The minimum atomic E-state index is -0.124. The number of aryl methyl sites for hydroxylation is 1. The Morgan fingerprint density at radius 1 is 1.07 bits per heavy atom. The molecule has 0 radical (unpaired) electrons. The van der Waals surface area contributed by atoms with Gasteiger partial charge >= 0.3 is 0 Å². The summed E-state index contributed by atoms with van der Waals surface area (Å²) in [5, 5.41) is 3.53. The van der Waals surface area contributed by atoms with Gasteiger partial charge in [-0.3, -0.25) is 9.69 Å². The number of hydrogen-bond acceptors (Lipinski definition) is 2. The standard InChI is InChI=1S/C24H29ClN2O/c1-17-6-4-9-21(23(17)25)24(28)26-16-18-11-13-19(14-12-18)22-10-5-8-20-7-2-3-15-27(20)22/h4,6,9,11-14,20,22H,2-3,5,7-8,10,15-16H2,1H3,(H,26,28). The Hall–Kier alpha value is -1.84. The second-order valence-corrected chi connectivity index (χ2v) is 8.57. The van der Waals surface area contributed by atoms with E-state index in [4.69, 9.17) is 11.6 Å². The van der Waals surface area contributed by atoms with E-state index in [0.29, 0.717) is 23.2 Å². The molecule has 2 aromatic carbocycles. The molecule has 3 nitrogen and oxygen atoms in total. The number of amides is 1. The number of hydrogen-bond donors (Lipinski definition) is 1. The maximum Gasteiger partial charge on any atom is 0.253 e. The van der Waals surface area contributed by atoms with E-state index in [1.807, 2.05) is 19.1 Å². The predicted molar refractivity (Wildman–Crippen MR) is 115 cm³/mol. The van der Waals surface area contributed by atoms with Gasteiger partial charge in [-0.15, -0.1) is 0 Å². The summed E-state index contributed by atoms with van der Waals surface area (Å²) in [5.74, 6) is -0.124. The smallest absolute Gasteiger partial charge is 0.253 e. The Labute approximate surface area is 173 Å². The van der Waals surface area contributed by atoms with Crippen molar-refractivity contribution in [3.8, 4) is 0 Å². The molecule has 0 aromatic heterocycles. The van der Waals surface area contributed by atoms with Crippen LogP contribution in [0.4, 0.5) is 0 Å². The van der Waals surface area contributed by atoms with Crippen LogP contribution >= 0.6 is 11.6 Å². The van der Waals surface area contributed by atoms with Crippen LogP contribution in [0.1, 0.15) is 71.6 Å². The van der Waals surface area contributed by atoms with Crippen LogP contribution in [0, 0.1) is 6.92 Å². The van der Waals surface area contributed by atoms with Crippen LogP contribution in [0.3, 0.4) is 0 Å². The molecular formula is C24H29ClN2O. The van der Waals surface area contributed by atoms with E-state index in [1.165, 1.54) is 50.6 Å². The van der Waals surface area contributed by atoms with E-state index in [-0.39, 0.29) is 5.91 Å². The first-order valence-corrected chi connectivity index (χ1v) is 10.9. The highest BCUT2D eigenvalue weighted by Crippen LogP contribution is 2.38. The van der Waals surface area contributed by atoms with E-state index in [0.717, 1.165) is 17.2 Å². The van der Waals surface area contributed by atoms with Crippen molar-refractivity contribution in [3.05, 3.63) is 69.7 Å². The number of piperidine rings is 2. The van der Waals surface area contributed by atoms with Crippen LogP contribution in [0.5, 0.6) is 0 Å². The molecule has 2 unspecified atom stereocenters. The summed E-state index contributed by atoms with van der Waals surface area (Å²) >= 11 is 6.27. The third-order valence-corrected chi connectivity index (χ3v) is 6.84. The first kappa shape index (κ1) is 19.5. The molecule has 0 aliphatic carbocycles. The van der Waals surface area contributed by atoms with Gasteiger partial charge in [-0.2, -0.15) is 0 Å². The predicted octanol–water partition coefficient (Wildman–Crippen LogP) is 5.66. The monoisotopic (exact) mass is 396 g/mol. The van der Waals surface area contributed by atoms with Gasteiger partial charge in [0.2, 0.25) is 0 Å². The number of carbonyl (C=O) groups excluding carboxylic acids is 1. The molecule has 2 saturated heterocycles. The van der Waals surface area contributed by atoms with Gasteiger partial charge in [0.1, 0.15) is 0 Å². The summed E-state index contributed by atoms with van der Waals surface area (Å²) in [7, 11) is 0. The van der Waals surface area contributed by atoms with Crippen molar-refractivity contribution in [2.45, 2.75) is 64.1 Å². The minimum absolute atomic E-state index is 0.124. The molecule has 148 valence electrons. The van der Waals surface area contributed by atoms with Gasteiger partial charge < -0.3 is 5.32 Å². The lowest BCUT2D eigenvalue weighted by Crippen LogP contribution is -2.44. The first-order chi connectivity index (χ1) is 13.6. The molecule has 0 spiro atoms. The fraction of sp³-hybridized carbons (Fsp3) is 0.458. The number of benzene rings is 2. The molecule has 0 bridgehead atoms. The van der Waals surface area contributed by atoms with Crippen LogP contribution in [-0.2, 0) is 6.54 Å². The maximum absolute atomic E-state index is 12.5. The van der Waals surface area contributed by atoms with Gasteiger partial charge in [-0.05, 0) is 68.3 Å². The number of rotatable bonds is 4. The zero-order valence-corrected chi connectivity index (χ0v) is 17.3. The lowest BCUT2D eigenvalue weighted by atomic mass is 9.86. The fourth-order valence-electron chi connectivity index (χ4n) is 4.77. The van der Waals surface area contributed by atoms with Gasteiger partial charge in [0.15, 0.2) is 0 Å². The van der Waals surface area contributed by atoms with Gasteiger partial charge in [0.25, 0.3) is 5.91 Å². The molecule has 2 heterocycles. The summed E-state index contributed by atoms with van der Waals surface area (Å²) < 4.78 is 0. The molecule has 2 fully saturated rings. The van der Waals surface area contributed by atoms with Crippen LogP contribution in [0.25, 0.3) is 0 Å². The van der Waals surface area contributed by atoms with Crippen LogP contribution < -0.4 is 5.32 Å². The van der Waals surface area contributed by atoms with Crippen molar-refractivity contribution in [3.63, 3.8) is 0 Å². The van der Waals surface area contributed by atoms with Crippen LogP contribution in [0.2, 0.25) is 5.02 Å². The number of nitrogens with one attached hydrogen (secondary N) is 1. The second kappa shape index (κ2) is 8.67. The van der Waals surface area contributed by atoms with Crippen molar-refractivity contribution in [1.29, 1.82) is 0 Å². The van der Waals surface area contributed by atoms with Gasteiger partial charge in [0, 0.05) is 18.6 Å². The van der Waals surface area contributed by atoms with E-state index >= 15 is 0 Å². The SMILES string of the molecule is Cc1cccc(C(=O)NCc2ccc(C3CCCC4CCCCN43)cc2)c1Cl. The van der Waals surface area contributed by atoms with Crippen LogP contribution in [-0.4, -0.2) is 23.4 Å². The maximum atomic E-state index is 12.5. The molecular weight excluding hydrogens is 368 g/mol. The van der Waals surface area contributed by atoms with E-state index in [9.17, 15) is 4.79 Å². The second-order valence-electron chi connectivity index (χ2n) is 8.19. The Balaban J connectivity index is 1.39. The third-order valence-electron chi connectivity index (χ3n) is 6.34. The molecule has 1 N–H and O–H groups in total. The largest absolute Gasteiger partial charge is 0.348 e. The third kappa shape index (κ3) is 4.11. The molecule has 4 heteroatoms. The zero-order chi connectivity index (χ0) is 19.5. The number of halogens is 1. The number of nitrogens with zero attached hydrogens (tertiary/aromatic N) is 1.